The van der Waals surface area contributed by atoms with Gasteiger partial charge < -0.3 is 18.8 Å². The number of hydrogen-bond donors (Lipinski definition) is 1. The Labute approximate surface area is 125 Å². The average molecular weight is 309 g/mol. The van der Waals surface area contributed by atoms with Crippen LogP contribution in [0, 0.1) is 0 Å². The van der Waals surface area contributed by atoms with Gasteiger partial charge in [-0.25, -0.2) is 4.79 Å². The Morgan fingerprint density at radius 2 is 2.38 bits per heavy atom. The fourth-order valence-corrected chi connectivity index (χ4v) is 3.06. The van der Waals surface area contributed by atoms with E-state index < -0.39 is 5.97 Å². The summed E-state index contributed by atoms with van der Waals surface area (Å²) in [5.74, 6) is 1.16. The summed E-state index contributed by atoms with van der Waals surface area (Å²) in [6.07, 6.45) is 3.62. The maximum absolute atomic E-state index is 11.6. The molecule has 0 atom stereocenters. The Kier molecular flexibility index (Phi) is 3.98. The third kappa shape index (κ3) is 2.81. The van der Waals surface area contributed by atoms with Crippen molar-refractivity contribution in [1.29, 1.82) is 0 Å². The molecule has 0 unspecified atom stereocenters. The molecule has 2 aromatic heterocycles. The van der Waals surface area contributed by atoms with E-state index in [4.69, 9.17) is 9.15 Å². The zero-order valence-corrected chi connectivity index (χ0v) is 12.3. The van der Waals surface area contributed by atoms with Crippen LogP contribution >= 0.6 is 11.8 Å². The molecule has 7 nitrogen and oxygen atoms in total. The predicted octanol–water partition coefficient (Wildman–Crippen LogP) is 1.78. The number of carbonyl (C=O) groups is 1. The second-order valence-corrected chi connectivity index (χ2v) is 5.64. The summed E-state index contributed by atoms with van der Waals surface area (Å²) in [6.45, 7) is -0.127. The number of rotatable bonds is 6. The lowest BCUT2D eigenvalue weighted by molar-refractivity contribution is 0.0598. The van der Waals surface area contributed by atoms with Crippen molar-refractivity contribution in [2.24, 2.45) is 0 Å². The highest BCUT2D eigenvalue weighted by atomic mass is 32.2. The van der Waals surface area contributed by atoms with Crippen molar-refractivity contribution in [2.75, 3.05) is 7.11 Å². The Morgan fingerprint density at radius 3 is 3.05 bits per heavy atom. The number of ether oxygens (including phenoxy) is 1. The fourth-order valence-electron chi connectivity index (χ4n) is 2.09. The minimum Gasteiger partial charge on any atom is -0.468 e. The predicted molar refractivity (Wildman–Crippen MR) is 73.8 cm³/mol. The number of thioether (sulfide) groups is 1. The van der Waals surface area contributed by atoms with Gasteiger partial charge in [0.25, 0.3) is 0 Å². The average Bonchev–Trinajstić information content (AvgIpc) is 3.09. The van der Waals surface area contributed by atoms with Crippen LogP contribution < -0.4 is 0 Å². The van der Waals surface area contributed by atoms with E-state index in [-0.39, 0.29) is 6.61 Å². The monoisotopic (exact) mass is 309 g/mol. The van der Waals surface area contributed by atoms with Crippen molar-refractivity contribution in [3.63, 3.8) is 0 Å². The molecule has 1 saturated carbocycles. The van der Waals surface area contributed by atoms with E-state index in [2.05, 4.69) is 10.2 Å². The van der Waals surface area contributed by atoms with Crippen molar-refractivity contribution in [1.82, 2.24) is 14.8 Å². The lowest BCUT2D eigenvalue weighted by Gasteiger charge is -2.06. The van der Waals surface area contributed by atoms with Gasteiger partial charge in [-0.1, -0.05) is 11.8 Å². The highest BCUT2D eigenvalue weighted by Crippen LogP contribution is 2.39. The van der Waals surface area contributed by atoms with Crippen molar-refractivity contribution in [3.8, 4) is 0 Å². The number of esters is 1. The van der Waals surface area contributed by atoms with Gasteiger partial charge in [0.15, 0.2) is 11.0 Å². The summed E-state index contributed by atoms with van der Waals surface area (Å²) in [7, 11) is 1.34. The second-order valence-electron chi connectivity index (χ2n) is 4.70. The van der Waals surface area contributed by atoms with Gasteiger partial charge in [0, 0.05) is 6.04 Å². The van der Waals surface area contributed by atoms with Gasteiger partial charge in [-0.3, -0.25) is 0 Å². The zero-order valence-electron chi connectivity index (χ0n) is 11.5. The summed E-state index contributed by atoms with van der Waals surface area (Å²) in [5.41, 5.74) is 0.421. The number of hydrogen-bond acceptors (Lipinski definition) is 7. The van der Waals surface area contributed by atoms with Gasteiger partial charge >= 0.3 is 5.97 Å². The minimum absolute atomic E-state index is 0.127. The van der Waals surface area contributed by atoms with Gasteiger partial charge in [0.1, 0.15) is 17.9 Å². The van der Waals surface area contributed by atoms with E-state index >= 15 is 0 Å². The molecule has 3 rings (SSSR count). The maximum Gasteiger partial charge on any atom is 0.341 e. The molecule has 0 aliphatic heterocycles. The highest BCUT2D eigenvalue weighted by molar-refractivity contribution is 7.98. The van der Waals surface area contributed by atoms with Gasteiger partial charge in [-0.15, -0.1) is 10.2 Å². The molecule has 0 saturated heterocycles. The van der Waals surface area contributed by atoms with Crippen LogP contribution in [0.3, 0.4) is 0 Å². The lowest BCUT2D eigenvalue weighted by Crippen LogP contribution is -2.04. The molecule has 1 aliphatic carbocycles. The van der Waals surface area contributed by atoms with Crippen LogP contribution in [0.4, 0.5) is 0 Å². The molecular formula is C13H15N3O4S. The number of methoxy groups -OCH3 is 1. The first-order valence-corrected chi connectivity index (χ1v) is 7.55. The van der Waals surface area contributed by atoms with E-state index in [1.54, 1.807) is 6.07 Å². The second kappa shape index (κ2) is 5.90. The normalized spacial score (nSPS) is 14.4. The number of carbonyl (C=O) groups excluding carboxylic acids is 1. The van der Waals surface area contributed by atoms with Crippen molar-refractivity contribution >= 4 is 17.7 Å². The summed E-state index contributed by atoms with van der Waals surface area (Å²) in [6, 6.07) is 1.97. The van der Waals surface area contributed by atoms with Crippen LogP contribution in [0.1, 0.15) is 40.8 Å². The quantitative estimate of drug-likeness (QED) is 0.642. The van der Waals surface area contributed by atoms with Crippen LogP contribution in [0.25, 0.3) is 0 Å². The van der Waals surface area contributed by atoms with Crippen molar-refractivity contribution < 1.29 is 19.1 Å². The molecule has 0 amide bonds. The van der Waals surface area contributed by atoms with Gasteiger partial charge in [-0.05, 0) is 18.9 Å². The largest absolute Gasteiger partial charge is 0.468 e. The van der Waals surface area contributed by atoms with Crippen LogP contribution in [0.15, 0.2) is 21.9 Å². The van der Waals surface area contributed by atoms with E-state index in [1.807, 2.05) is 4.57 Å². The Morgan fingerprint density at radius 1 is 1.57 bits per heavy atom. The van der Waals surface area contributed by atoms with Crippen LogP contribution in [-0.2, 0) is 17.1 Å². The van der Waals surface area contributed by atoms with Crippen molar-refractivity contribution in [2.45, 2.75) is 36.4 Å². The third-order valence-electron chi connectivity index (χ3n) is 3.27. The maximum atomic E-state index is 11.6. The minimum atomic E-state index is -0.418. The van der Waals surface area contributed by atoms with Gasteiger partial charge in [0.2, 0.25) is 0 Å². The molecule has 1 fully saturated rings. The highest BCUT2D eigenvalue weighted by Gasteiger charge is 2.29. The Balaban J connectivity index is 1.75. The lowest BCUT2D eigenvalue weighted by atomic mass is 10.3. The molecule has 1 N–H and O–H groups in total. The van der Waals surface area contributed by atoms with Crippen LogP contribution in [0.2, 0.25) is 0 Å². The SMILES string of the molecule is COC(=O)c1ccoc1CSc1nnc(CO)n1C1CC1. The number of aliphatic hydroxyl groups excluding tert-OH is 1. The molecule has 112 valence electrons. The number of furan rings is 1. The van der Waals surface area contributed by atoms with E-state index in [9.17, 15) is 9.90 Å². The first-order valence-electron chi connectivity index (χ1n) is 6.56. The van der Waals surface area contributed by atoms with Gasteiger partial charge in [-0.2, -0.15) is 0 Å². The van der Waals surface area contributed by atoms with Crippen LogP contribution in [-0.4, -0.2) is 33.0 Å². The molecule has 1 aliphatic rings. The molecule has 0 spiro atoms. The molecule has 0 aromatic carbocycles. The number of aromatic nitrogens is 3. The molecule has 0 radical (unpaired) electrons. The first kappa shape index (κ1) is 14.2. The molecule has 2 aromatic rings. The number of aliphatic hydroxyl groups is 1. The summed E-state index contributed by atoms with van der Waals surface area (Å²) in [4.78, 5) is 11.6. The Bertz CT molecular complexity index is 648. The van der Waals surface area contributed by atoms with Gasteiger partial charge in [0.05, 0.1) is 19.1 Å². The Hall–Kier alpha value is -1.80. The van der Waals surface area contributed by atoms with E-state index in [0.29, 0.717) is 28.9 Å². The van der Waals surface area contributed by atoms with Crippen molar-refractivity contribution in [3.05, 3.63) is 29.5 Å². The molecule has 2 heterocycles. The summed E-state index contributed by atoms with van der Waals surface area (Å²) < 4.78 is 12.0. The standard InChI is InChI=1S/C13H15N3O4S/c1-19-12(18)9-4-5-20-10(9)7-21-13-15-14-11(6-17)16(13)8-2-3-8/h4-5,8,17H,2-3,6-7H2,1H3. The third-order valence-corrected chi connectivity index (χ3v) is 4.21. The van der Waals surface area contributed by atoms with Crippen LogP contribution in [0.5, 0.6) is 0 Å². The summed E-state index contributed by atoms with van der Waals surface area (Å²) >= 11 is 1.43. The molecule has 8 heteroatoms. The molecular weight excluding hydrogens is 294 g/mol. The topological polar surface area (TPSA) is 90.4 Å². The summed E-state index contributed by atoms with van der Waals surface area (Å²) in [5, 5.41) is 18.1. The number of nitrogens with zero attached hydrogens (tertiary/aromatic N) is 3. The zero-order chi connectivity index (χ0) is 14.8. The van der Waals surface area contributed by atoms with E-state index in [1.165, 1.54) is 25.1 Å². The fraction of sp³-hybridized carbons (Fsp3) is 0.462. The van der Waals surface area contributed by atoms with E-state index in [0.717, 1.165) is 18.0 Å². The smallest absolute Gasteiger partial charge is 0.341 e. The first-order chi connectivity index (χ1) is 10.2. The molecule has 0 bridgehead atoms. The molecule has 21 heavy (non-hydrogen) atoms.